The van der Waals surface area contributed by atoms with Crippen LogP contribution in [0.4, 0.5) is 4.39 Å². The lowest BCUT2D eigenvalue weighted by atomic mass is 9.80. The van der Waals surface area contributed by atoms with E-state index in [0.717, 1.165) is 25.1 Å². The highest BCUT2D eigenvalue weighted by molar-refractivity contribution is 5.37. The predicted octanol–water partition coefficient (Wildman–Crippen LogP) is 4.16. The van der Waals surface area contributed by atoms with E-state index in [1.165, 1.54) is 23.3 Å². The Bertz CT molecular complexity index is 792. The number of piperidine rings is 1. The van der Waals surface area contributed by atoms with Gasteiger partial charge >= 0.3 is 0 Å². The Kier molecular flexibility index (Phi) is 4.49. The highest BCUT2D eigenvalue weighted by Crippen LogP contribution is 2.46. The molecule has 0 amide bonds. The van der Waals surface area contributed by atoms with Gasteiger partial charge in [0.1, 0.15) is 11.6 Å². The van der Waals surface area contributed by atoms with Gasteiger partial charge in [0.15, 0.2) is 0 Å². The van der Waals surface area contributed by atoms with Crippen LogP contribution < -0.4 is 4.74 Å². The van der Waals surface area contributed by atoms with Gasteiger partial charge in [-0.2, -0.15) is 0 Å². The number of aliphatic hydroxyl groups is 1. The fraction of sp³-hybridized carbons (Fsp3) is 0.455. The van der Waals surface area contributed by atoms with Crippen LogP contribution in [0.25, 0.3) is 0 Å². The topological polar surface area (TPSA) is 32.7 Å². The fourth-order valence-corrected chi connectivity index (χ4v) is 4.82. The van der Waals surface area contributed by atoms with Crippen LogP contribution in [0.1, 0.15) is 42.4 Å². The number of hydrogen-bond donors (Lipinski definition) is 1. The third kappa shape index (κ3) is 3.12. The largest absolute Gasteiger partial charge is 0.496 e. The molecule has 0 saturated carbocycles. The maximum absolute atomic E-state index is 13.7. The van der Waals surface area contributed by atoms with Crippen molar-refractivity contribution in [1.29, 1.82) is 0 Å². The lowest BCUT2D eigenvalue weighted by Crippen LogP contribution is -2.49. The predicted molar refractivity (Wildman–Crippen MR) is 99.6 cm³/mol. The minimum Gasteiger partial charge on any atom is -0.496 e. The molecule has 4 rings (SSSR count). The fourth-order valence-electron chi connectivity index (χ4n) is 4.82. The SMILES string of the molecule is COc1ccc(C)cc1CN1[C@@H]2CC[C@H]1CC(O)(c1cccc(F)c1)C2. The van der Waals surface area contributed by atoms with Crippen molar-refractivity contribution in [2.45, 2.75) is 56.8 Å². The van der Waals surface area contributed by atoms with Gasteiger partial charge < -0.3 is 9.84 Å². The van der Waals surface area contributed by atoms with E-state index in [2.05, 4.69) is 24.0 Å². The summed E-state index contributed by atoms with van der Waals surface area (Å²) in [4.78, 5) is 2.51. The van der Waals surface area contributed by atoms with Crippen molar-refractivity contribution in [2.75, 3.05) is 7.11 Å². The maximum atomic E-state index is 13.7. The summed E-state index contributed by atoms with van der Waals surface area (Å²) in [5.41, 5.74) is 2.20. The number of aryl methyl sites for hydroxylation is 1. The van der Waals surface area contributed by atoms with E-state index < -0.39 is 5.60 Å². The average Bonchev–Trinajstić information content (AvgIpc) is 2.86. The van der Waals surface area contributed by atoms with Gasteiger partial charge in [-0.25, -0.2) is 4.39 Å². The zero-order valence-electron chi connectivity index (χ0n) is 15.4. The Hall–Kier alpha value is -1.91. The number of halogens is 1. The summed E-state index contributed by atoms with van der Waals surface area (Å²) in [6.07, 6.45) is 3.47. The molecule has 138 valence electrons. The van der Waals surface area contributed by atoms with Crippen molar-refractivity contribution >= 4 is 0 Å². The first kappa shape index (κ1) is 17.5. The van der Waals surface area contributed by atoms with E-state index in [4.69, 9.17) is 4.74 Å². The second-order valence-electron chi connectivity index (χ2n) is 7.82. The molecule has 0 aromatic heterocycles. The monoisotopic (exact) mass is 355 g/mol. The molecule has 26 heavy (non-hydrogen) atoms. The molecule has 2 saturated heterocycles. The molecular weight excluding hydrogens is 329 g/mol. The molecule has 0 aliphatic carbocycles. The van der Waals surface area contributed by atoms with Crippen LogP contribution in [-0.4, -0.2) is 29.2 Å². The van der Waals surface area contributed by atoms with Gasteiger partial charge in [-0.05, 0) is 56.4 Å². The molecule has 3 nitrogen and oxygen atoms in total. The Morgan fingerprint density at radius 2 is 1.88 bits per heavy atom. The molecule has 1 N–H and O–H groups in total. The van der Waals surface area contributed by atoms with Gasteiger partial charge in [-0.3, -0.25) is 4.90 Å². The second kappa shape index (κ2) is 6.67. The van der Waals surface area contributed by atoms with E-state index in [0.29, 0.717) is 30.5 Å². The third-order valence-corrected chi connectivity index (χ3v) is 6.07. The normalized spacial score (nSPS) is 28.3. The number of ether oxygens (including phenoxy) is 1. The van der Waals surface area contributed by atoms with Crippen LogP contribution in [0.15, 0.2) is 42.5 Å². The molecule has 2 aromatic carbocycles. The number of benzene rings is 2. The number of nitrogens with zero attached hydrogens (tertiary/aromatic N) is 1. The maximum Gasteiger partial charge on any atom is 0.123 e. The summed E-state index contributed by atoms with van der Waals surface area (Å²) in [6, 6.07) is 13.4. The van der Waals surface area contributed by atoms with Gasteiger partial charge in [0.25, 0.3) is 0 Å². The van der Waals surface area contributed by atoms with Crippen LogP contribution in [0.5, 0.6) is 5.75 Å². The second-order valence-corrected chi connectivity index (χ2v) is 7.82. The van der Waals surface area contributed by atoms with Crippen LogP contribution >= 0.6 is 0 Å². The quantitative estimate of drug-likeness (QED) is 0.894. The lowest BCUT2D eigenvalue weighted by Gasteiger charge is -2.44. The zero-order chi connectivity index (χ0) is 18.3. The smallest absolute Gasteiger partial charge is 0.123 e. The first-order chi connectivity index (χ1) is 12.5. The van der Waals surface area contributed by atoms with Crippen molar-refractivity contribution in [3.63, 3.8) is 0 Å². The Labute approximate surface area is 154 Å². The summed E-state index contributed by atoms with van der Waals surface area (Å²) in [5, 5.41) is 11.3. The van der Waals surface area contributed by atoms with Gasteiger partial charge in [0.05, 0.1) is 12.7 Å². The summed E-state index contributed by atoms with van der Waals surface area (Å²) in [7, 11) is 1.71. The van der Waals surface area contributed by atoms with E-state index >= 15 is 0 Å². The van der Waals surface area contributed by atoms with Crippen molar-refractivity contribution in [3.8, 4) is 5.75 Å². The highest BCUT2D eigenvalue weighted by Gasteiger charge is 2.48. The zero-order valence-corrected chi connectivity index (χ0v) is 15.4. The van der Waals surface area contributed by atoms with Crippen molar-refractivity contribution < 1.29 is 14.2 Å². The Balaban J connectivity index is 1.57. The average molecular weight is 355 g/mol. The summed E-state index contributed by atoms with van der Waals surface area (Å²) in [5.74, 6) is 0.635. The number of rotatable bonds is 4. The number of fused-ring (bicyclic) bond motifs is 2. The Morgan fingerprint density at radius 1 is 1.15 bits per heavy atom. The van der Waals surface area contributed by atoms with Crippen LogP contribution in [-0.2, 0) is 12.1 Å². The molecule has 2 heterocycles. The molecule has 0 radical (unpaired) electrons. The van der Waals surface area contributed by atoms with Gasteiger partial charge in [-0.15, -0.1) is 0 Å². The van der Waals surface area contributed by atoms with Gasteiger partial charge in [0, 0.05) is 24.2 Å². The molecule has 2 aliphatic heterocycles. The first-order valence-corrected chi connectivity index (χ1v) is 9.36. The summed E-state index contributed by atoms with van der Waals surface area (Å²) in [6.45, 7) is 2.93. The van der Waals surface area contributed by atoms with Gasteiger partial charge in [-0.1, -0.05) is 29.8 Å². The van der Waals surface area contributed by atoms with Crippen molar-refractivity contribution in [1.82, 2.24) is 4.90 Å². The van der Waals surface area contributed by atoms with Crippen molar-refractivity contribution in [3.05, 3.63) is 65.0 Å². The molecule has 0 spiro atoms. The van der Waals surface area contributed by atoms with Crippen LogP contribution in [0.2, 0.25) is 0 Å². The molecule has 2 bridgehead atoms. The molecule has 3 atom stereocenters. The minimum absolute atomic E-state index is 0.282. The molecular formula is C22H26FNO2. The molecule has 2 aliphatic rings. The summed E-state index contributed by atoms with van der Waals surface area (Å²) < 4.78 is 19.2. The van der Waals surface area contributed by atoms with E-state index in [1.807, 2.05) is 12.1 Å². The molecule has 4 heteroatoms. The standard InChI is InChI=1S/C22H26FNO2/c1-15-6-9-21(26-2)16(10-15)14-24-19-7-8-20(24)13-22(25,12-19)17-4-3-5-18(23)11-17/h3-6,9-11,19-20,25H,7-8,12-14H2,1-2H3/t19-,20+,22?. The number of hydrogen-bond acceptors (Lipinski definition) is 3. The molecule has 1 unspecified atom stereocenters. The first-order valence-electron chi connectivity index (χ1n) is 9.36. The van der Waals surface area contributed by atoms with Gasteiger partial charge in [0.2, 0.25) is 0 Å². The van der Waals surface area contributed by atoms with Crippen molar-refractivity contribution in [2.24, 2.45) is 0 Å². The van der Waals surface area contributed by atoms with Crippen LogP contribution in [0.3, 0.4) is 0 Å². The third-order valence-electron chi connectivity index (χ3n) is 6.07. The van der Waals surface area contributed by atoms with E-state index in [-0.39, 0.29) is 5.82 Å². The minimum atomic E-state index is -0.929. The highest BCUT2D eigenvalue weighted by atomic mass is 19.1. The Morgan fingerprint density at radius 3 is 2.54 bits per heavy atom. The molecule has 2 fully saturated rings. The van der Waals surface area contributed by atoms with E-state index in [9.17, 15) is 9.50 Å². The van der Waals surface area contributed by atoms with E-state index in [1.54, 1.807) is 13.2 Å². The summed E-state index contributed by atoms with van der Waals surface area (Å²) >= 11 is 0. The molecule has 2 aromatic rings. The lowest BCUT2D eigenvalue weighted by molar-refractivity contribution is -0.0597. The van der Waals surface area contributed by atoms with Crippen LogP contribution in [0, 0.1) is 12.7 Å². The number of methoxy groups -OCH3 is 1.